The molecule has 0 bridgehead atoms. The van der Waals surface area contributed by atoms with Gasteiger partial charge in [0.2, 0.25) is 0 Å². The van der Waals surface area contributed by atoms with Crippen molar-refractivity contribution in [2.75, 3.05) is 0 Å². The van der Waals surface area contributed by atoms with E-state index in [1.165, 1.54) is 24.3 Å². The van der Waals surface area contributed by atoms with Gasteiger partial charge in [0, 0.05) is 16.5 Å². The molecule has 27 heavy (non-hydrogen) atoms. The number of aromatic amines is 1. The maximum atomic E-state index is 14.0. The number of rotatable bonds is 3. The summed E-state index contributed by atoms with van der Waals surface area (Å²) < 4.78 is 56.4. The standard InChI is InChI=1S/C20H11BrF4N2/c21-18-10(9-11-12(22)3-1-4-13(11)23)7-8-16-19(18)27-20(26-16)17-14(24)5-2-6-15(17)25/h1-8H,9H2,(H,26,27). The number of imidazole rings is 1. The van der Waals surface area contributed by atoms with E-state index >= 15 is 0 Å². The Morgan fingerprint density at radius 2 is 1.41 bits per heavy atom. The highest BCUT2D eigenvalue weighted by atomic mass is 79.9. The molecular formula is C20H11BrF4N2. The SMILES string of the molecule is Fc1cccc(F)c1Cc1ccc2[nH]c(-c3c(F)cccc3F)nc2c1Br. The van der Waals surface area contributed by atoms with Gasteiger partial charge in [-0.3, -0.25) is 0 Å². The summed E-state index contributed by atoms with van der Waals surface area (Å²) in [4.78, 5) is 7.16. The Balaban J connectivity index is 1.81. The van der Waals surface area contributed by atoms with Gasteiger partial charge < -0.3 is 4.98 Å². The number of benzene rings is 3. The first-order valence-corrected chi connectivity index (χ1v) is 8.79. The van der Waals surface area contributed by atoms with Crippen LogP contribution in [-0.4, -0.2) is 9.97 Å². The Labute approximate surface area is 160 Å². The first kappa shape index (κ1) is 17.7. The van der Waals surface area contributed by atoms with Gasteiger partial charge in [0.1, 0.15) is 34.6 Å². The topological polar surface area (TPSA) is 28.7 Å². The molecule has 0 aliphatic rings. The maximum absolute atomic E-state index is 14.0. The highest BCUT2D eigenvalue weighted by Crippen LogP contribution is 2.32. The zero-order valence-corrected chi connectivity index (χ0v) is 15.2. The van der Waals surface area contributed by atoms with E-state index in [-0.39, 0.29) is 23.4 Å². The number of H-pyrrole nitrogens is 1. The molecular weight excluding hydrogens is 424 g/mol. The Morgan fingerprint density at radius 3 is 2.04 bits per heavy atom. The van der Waals surface area contributed by atoms with Crippen molar-refractivity contribution < 1.29 is 17.6 Å². The summed E-state index contributed by atoms with van der Waals surface area (Å²) in [5, 5.41) is 0. The molecule has 0 saturated carbocycles. The molecule has 3 aromatic carbocycles. The molecule has 1 N–H and O–H groups in total. The van der Waals surface area contributed by atoms with Crippen molar-refractivity contribution in [3.05, 3.63) is 87.4 Å². The van der Waals surface area contributed by atoms with Gasteiger partial charge in [-0.15, -0.1) is 0 Å². The van der Waals surface area contributed by atoms with Crippen LogP contribution >= 0.6 is 15.9 Å². The minimum atomic E-state index is -0.737. The minimum Gasteiger partial charge on any atom is -0.338 e. The lowest BCUT2D eigenvalue weighted by Gasteiger charge is -2.07. The Morgan fingerprint density at radius 1 is 0.815 bits per heavy atom. The molecule has 0 radical (unpaired) electrons. The van der Waals surface area contributed by atoms with E-state index in [0.29, 0.717) is 21.1 Å². The number of halogens is 5. The third-order valence-electron chi connectivity index (χ3n) is 4.30. The average Bonchev–Trinajstić information content (AvgIpc) is 3.04. The molecule has 0 unspecified atom stereocenters. The van der Waals surface area contributed by atoms with Crippen molar-refractivity contribution in [2.45, 2.75) is 6.42 Å². The predicted octanol–water partition coefficient (Wildman–Crippen LogP) is 6.14. The molecule has 1 heterocycles. The lowest BCUT2D eigenvalue weighted by Crippen LogP contribution is -1.98. The van der Waals surface area contributed by atoms with E-state index in [1.54, 1.807) is 12.1 Å². The normalized spacial score (nSPS) is 11.3. The van der Waals surface area contributed by atoms with Gasteiger partial charge >= 0.3 is 0 Å². The monoisotopic (exact) mass is 434 g/mol. The fourth-order valence-electron chi connectivity index (χ4n) is 2.95. The molecule has 0 saturated heterocycles. The average molecular weight is 435 g/mol. The van der Waals surface area contributed by atoms with Crippen molar-refractivity contribution in [3.8, 4) is 11.4 Å². The molecule has 0 aliphatic carbocycles. The fourth-order valence-corrected chi connectivity index (χ4v) is 3.53. The number of hydrogen-bond donors (Lipinski definition) is 1. The summed E-state index contributed by atoms with van der Waals surface area (Å²) >= 11 is 3.40. The van der Waals surface area contributed by atoms with Crippen LogP contribution in [0.25, 0.3) is 22.4 Å². The van der Waals surface area contributed by atoms with Crippen LogP contribution in [0.4, 0.5) is 17.6 Å². The van der Waals surface area contributed by atoms with Gasteiger partial charge in [0.25, 0.3) is 0 Å². The molecule has 0 atom stereocenters. The smallest absolute Gasteiger partial charge is 0.144 e. The summed E-state index contributed by atoms with van der Waals surface area (Å²) in [6, 6.07) is 10.6. The van der Waals surface area contributed by atoms with Crippen LogP contribution in [-0.2, 0) is 6.42 Å². The van der Waals surface area contributed by atoms with Gasteiger partial charge in [-0.2, -0.15) is 0 Å². The first-order valence-electron chi connectivity index (χ1n) is 8.00. The van der Waals surface area contributed by atoms with Crippen molar-refractivity contribution in [2.24, 2.45) is 0 Å². The van der Waals surface area contributed by atoms with Crippen LogP contribution in [0, 0.1) is 23.3 Å². The van der Waals surface area contributed by atoms with Gasteiger partial charge in [0.15, 0.2) is 0 Å². The Hall–Kier alpha value is -2.67. The van der Waals surface area contributed by atoms with Crippen molar-refractivity contribution in [3.63, 3.8) is 0 Å². The number of nitrogens with zero attached hydrogens (tertiary/aromatic N) is 1. The van der Waals surface area contributed by atoms with Gasteiger partial charge in [-0.05, 0) is 51.8 Å². The first-order chi connectivity index (χ1) is 13.0. The molecule has 1 aromatic heterocycles. The lowest BCUT2D eigenvalue weighted by molar-refractivity contribution is 0.561. The summed E-state index contributed by atoms with van der Waals surface area (Å²) in [5.41, 5.74) is 1.23. The third kappa shape index (κ3) is 3.12. The summed E-state index contributed by atoms with van der Waals surface area (Å²) in [7, 11) is 0. The molecule has 136 valence electrons. The Bertz CT molecular complexity index is 1130. The highest BCUT2D eigenvalue weighted by Gasteiger charge is 2.18. The second kappa shape index (κ2) is 6.81. The van der Waals surface area contributed by atoms with Gasteiger partial charge in [-0.25, -0.2) is 22.5 Å². The highest BCUT2D eigenvalue weighted by molar-refractivity contribution is 9.10. The van der Waals surface area contributed by atoms with E-state index in [1.807, 2.05) is 0 Å². The molecule has 4 aromatic rings. The van der Waals surface area contributed by atoms with E-state index in [0.717, 1.165) is 12.1 Å². The molecule has 0 fully saturated rings. The second-order valence-electron chi connectivity index (χ2n) is 5.99. The molecule has 0 spiro atoms. The number of hydrogen-bond acceptors (Lipinski definition) is 1. The summed E-state index contributed by atoms with van der Waals surface area (Å²) in [6.07, 6.45) is 0.00524. The second-order valence-corrected chi connectivity index (χ2v) is 6.79. The fraction of sp³-hybridized carbons (Fsp3) is 0.0500. The lowest BCUT2D eigenvalue weighted by atomic mass is 10.0. The maximum Gasteiger partial charge on any atom is 0.144 e. The van der Waals surface area contributed by atoms with Crippen LogP contribution in [0.1, 0.15) is 11.1 Å². The predicted molar refractivity (Wildman–Crippen MR) is 98.3 cm³/mol. The van der Waals surface area contributed by atoms with E-state index in [9.17, 15) is 17.6 Å². The quantitative estimate of drug-likeness (QED) is 0.385. The largest absolute Gasteiger partial charge is 0.338 e. The van der Waals surface area contributed by atoms with E-state index in [2.05, 4.69) is 25.9 Å². The van der Waals surface area contributed by atoms with Gasteiger partial charge in [-0.1, -0.05) is 18.2 Å². The number of fused-ring (bicyclic) bond motifs is 1. The van der Waals surface area contributed by atoms with Crippen LogP contribution in [0.3, 0.4) is 0 Å². The van der Waals surface area contributed by atoms with Crippen LogP contribution < -0.4 is 0 Å². The van der Waals surface area contributed by atoms with Crippen molar-refractivity contribution >= 4 is 27.0 Å². The third-order valence-corrected chi connectivity index (χ3v) is 5.19. The zero-order valence-electron chi connectivity index (χ0n) is 13.7. The van der Waals surface area contributed by atoms with Crippen LogP contribution in [0.15, 0.2) is 53.0 Å². The number of aromatic nitrogens is 2. The Kier molecular flexibility index (Phi) is 4.47. The van der Waals surface area contributed by atoms with Crippen LogP contribution in [0.5, 0.6) is 0 Å². The van der Waals surface area contributed by atoms with Crippen molar-refractivity contribution in [1.29, 1.82) is 0 Å². The molecule has 7 heteroatoms. The van der Waals surface area contributed by atoms with E-state index < -0.39 is 23.3 Å². The summed E-state index contributed by atoms with van der Waals surface area (Å²) in [5.74, 6) is -2.72. The molecule has 0 aliphatic heterocycles. The molecule has 4 rings (SSSR count). The summed E-state index contributed by atoms with van der Waals surface area (Å²) in [6.45, 7) is 0. The van der Waals surface area contributed by atoms with Crippen molar-refractivity contribution in [1.82, 2.24) is 9.97 Å². The number of nitrogens with one attached hydrogen (secondary N) is 1. The molecule has 2 nitrogen and oxygen atoms in total. The zero-order chi connectivity index (χ0) is 19.1. The van der Waals surface area contributed by atoms with E-state index in [4.69, 9.17) is 0 Å². The minimum absolute atomic E-state index is 0.00524. The molecule has 0 amide bonds. The van der Waals surface area contributed by atoms with Gasteiger partial charge in [0.05, 0.1) is 11.1 Å². The van der Waals surface area contributed by atoms with Crippen LogP contribution in [0.2, 0.25) is 0 Å².